The molecule has 0 saturated carbocycles. The first-order chi connectivity index (χ1) is 6.81. The summed E-state index contributed by atoms with van der Waals surface area (Å²) in [6.07, 6.45) is 0. The molecule has 0 spiro atoms. The molecular weight excluding hydrogens is 214 g/mol. The van der Waals surface area contributed by atoms with Crippen molar-refractivity contribution in [1.29, 1.82) is 0 Å². The monoisotopic (exact) mass is 223 g/mol. The number of rotatable bonds is 2. The quantitative estimate of drug-likeness (QED) is 0.452. The summed E-state index contributed by atoms with van der Waals surface area (Å²) in [6, 6.07) is 0.434. The number of nitrogens with two attached hydrogens (primary N) is 1. The third-order valence-corrected chi connectivity index (χ3v) is 2.05. The van der Waals surface area contributed by atoms with Crippen LogP contribution in [0.15, 0.2) is 6.07 Å². The van der Waals surface area contributed by atoms with Gasteiger partial charge in [-0.3, -0.25) is 0 Å². The Labute approximate surface area is 83.3 Å². The number of hydrogen-bond acceptors (Lipinski definition) is 2. The zero-order valence-corrected chi connectivity index (χ0v) is 7.82. The Hall–Kier alpha value is -1.14. The highest BCUT2D eigenvalue weighted by Gasteiger charge is 2.29. The van der Waals surface area contributed by atoms with E-state index in [9.17, 15) is 17.6 Å². The maximum atomic E-state index is 13.2. The van der Waals surface area contributed by atoms with Crippen molar-refractivity contribution in [2.24, 2.45) is 5.73 Å². The smallest absolute Gasteiger partial charge is 0.197 e. The van der Waals surface area contributed by atoms with Crippen LogP contribution >= 0.6 is 0 Å². The standard InChI is InChI=1S/C9H9F4NO/c1-9(14,3-15)4-2-5(10)7(12)8(13)6(4)11/h2,15H,3,14H2,1H3. The van der Waals surface area contributed by atoms with Gasteiger partial charge in [0.2, 0.25) is 0 Å². The molecule has 0 fully saturated rings. The molecule has 0 bridgehead atoms. The van der Waals surface area contributed by atoms with Gasteiger partial charge in [-0.1, -0.05) is 0 Å². The van der Waals surface area contributed by atoms with E-state index in [0.717, 1.165) is 0 Å². The van der Waals surface area contributed by atoms with Crippen LogP contribution in [-0.2, 0) is 5.54 Å². The van der Waals surface area contributed by atoms with E-state index >= 15 is 0 Å². The second-order valence-corrected chi connectivity index (χ2v) is 3.42. The van der Waals surface area contributed by atoms with Crippen molar-refractivity contribution in [3.8, 4) is 0 Å². The van der Waals surface area contributed by atoms with Gasteiger partial charge in [0, 0.05) is 5.56 Å². The normalized spacial score (nSPS) is 15.1. The third kappa shape index (κ3) is 1.95. The summed E-state index contributed by atoms with van der Waals surface area (Å²) in [7, 11) is 0. The summed E-state index contributed by atoms with van der Waals surface area (Å²) in [5, 5.41) is 8.79. The Morgan fingerprint density at radius 1 is 1.20 bits per heavy atom. The van der Waals surface area contributed by atoms with Crippen molar-refractivity contribution in [2.75, 3.05) is 6.61 Å². The molecule has 1 aromatic rings. The Bertz CT molecular complexity index is 392. The lowest BCUT2D eigenvalue weighted by molar-refractivity contribution is 0.204. The largest absolute Gasteiger partial charge is 0.394 e. The molecule has 2 nitrogen and oxygen atoms in total. The molecule has 15 heavy (non-hydrogen) atoms. The van der Waals surface area contributed by atoms with Gasteiger partial charge in [-0.25, -0.2) is 17.6 Å². The van der Waals surface area contributed by atoms with Crippen molar-refractivity contribution in [1.82, 2.24) is 0 Å². The molecule has 1 unspecified atom stereocenters. The summed E-state index contributed by atoms with van der Waals surface area (Å²) in [5.41, 5.74) is 3.10. The first-order valence-corrected chi connectivity index (χ1v) is 4.04. The van der Waals surface area contributed by atoms with Crippen LogP contribution in [0, 0.1) is 23.3 Å². The second kappa shape index (κ2) is 3.79. The lowest BCUT2D eigenvalue weighted by Crippen LogP contribution is -2.38. The van der Waals surface area contributed by atoms with Gasteiger partial charge in [0.15, 0.2) is 23.3 Å². The zero-order valence-electron chi connectivity index (χ0n) is 7.82. The number of benzene rings is 1. The van der Waals surface area contributed by atoms with Crippen LogP contribution in [-0.4, -0.2) is 11.7 Å². The summed E-state index contributed by atoms with van der Waals surface area (Å²) < 4.78 is 51.3. The van der Waals surface area contributed by atoms with E-state index in [1.807, 2.05) is 0 Å². The molecular formula is C9H9F4NO. The predicted molar refractivity (Wildman–Crippen MR) is 44.9 cm³/mol. The highest BCUT2D eigenvalue weighted by Crippen LogP contribution is 2.25. The molecule has 0 saturated heterocycles. The average molecular weight is 223 g/mol. The van der Waals surface area contributed by atoms with Crippen molar-refractivity contribution >= 4 is 0 Å². The zero-order chi connectivity index (χ0) is 11.8. The topological polar surface area (TPSA) is 46.2 Å². The molecule has 0 aliphatic carbocycles. The Morgan fingerprint density at radius 2 is 1.73 bits per heavy atom. The number of hydrogen-bond donors (Lipinski definition) is 2. The van der Waals surface area contributed by atoms with Gasteiger partial charge >= 0.3 is 0 Å². The molecule has 84 valence electrons. The van der Waals surface area contributed by atoms with Crippen molar-refractivity contribution < 1.29 is 22.7 Å². The van der Waals surface area contributed by atoms with Crippen LogP contribution in [0.2, 0.25) is 0 Å². The fourth-order valence-corrected chi connectivity index (χ4v) is 1.07. The van der Waals surface area contributed by atoms with Gasteiger partial charge < -0.3 is 10.8 Å². The van der Waals surface area contributed by atoms with Crippen molar-refractivity contribution in [3.05, 3.63) is 34.9 Å². The third-order valence-electron chi connectivity index (χ3n) is 2.05. The molecule has 0 aliphatic rings. The summed E-state index contributed by atoms with van der Waals surface area (Å²) in [4.78, 5) is 0. The molecule has 6 heteroatoms. The van der Waals surface area contributed by atoms with Crippen LogP contribution in [0.3, 0.4) is 0 Å². The summed E-state index contributed by atoms with van der Waals surface area (Å²) in [5.74, 6) is -6.97. The average Bonchev–Trinajstić information content (AvgIpc) is 2.20. The minimum absolute atomic E-state index is 0.434. The fraction of sp³-hybridized carbons (Fsp3) is 0.333. The first kappa shape index (κ1) is 11.9. The van der Waals surface area contributed by atoms with Crippen LogP contribution in [0.1, 0.15) is 12.5 Å². The molecule has 1 atom stereocenters. The minimum Gasteiger partial charge on any atom is -0.394 e. The van der Waals surface area contributed by atoms with Crippen LogP contribution in [0.25, 0.3) is 0 Å². The van der Waals surface area contributed by atoms with E-state index in [4.69, 9.17) is 10.8 Å². The van der Waals surface area contributed by atoms with Crippen molar-refractivity contribution in [2.45, 2.75) is 12.5 Å². The van der Waals surface area contributed by atoms with Gasteiger partial charge in [-0.05, 0) is 13.0 Å². The van der Waals surface area contributed by atoms with Gasteiger partial charge in [0.25, 0.3) is 0 Å². The van der Waals surface area contributed by atoms with Crippen molar-refractivity contribution in [3.63, 3.8) is 0 Å². The van der Waals surface area contributed by atoms with Gasteiger partial charge in [-0.15, -0.1) is 0 Å². The van der Waals surface area contributed by atoms with Crippen LogP contribution in [0.4, 0.5) is 17.6 Å². The fourth-order valence-electron chi connectivity index (χ4n) is 1.07. The lowest BCUT2D eigenvalue weighted by atomic mass is 9.93. The molecule has 0 radical (unpaired) electrons. The van der Waals surface area contributed by atoms with Gasteiger partial charge in [0.05, 0.1) is 12.1 Å². The molecule has 0 amide bonds. The molecule has 0 aromatic heterocycles. The molecule has 1 aromatic carbocycles. The number of aliphatic hydroxyl groups excluding tert-OH is 1. The van der Waals surface area contributed by atoms with E-state index in [2.05, 4.69) is 0 Å². The van der Waals surface area contributed by atoms with Gasteiger partial charge in [-0.2, -0.15) is 0 Å². The van der Waals surface area contributed by atoms with E-state index in [-0.39, 0.29) is 0 Å². The van der Waals surface area contributed by atoms with Gasteiger partial charge in [0.1, 0.15) is 0 Å². The minimum atomic E-state index is -1.94. The molecule has 0 aliphatic heterocycles. The second-order valence-electron chi connectivity index (χ2n) is 3.42. The first-order valence-electron chi connectivity index (χ1n) is 4.04. The summed E-state index contributed by atoms with van der Waals surface area (Å²) >= 11 is 0. The van der Waals surface area contributed by atoms with E-state index in [0.29, 0.717) is 6.07 Å². The predicted octanol–water partition coefficient (Wildman–Crippen LogP) is 1.41. The highest BCUT2D eigenvalue weighted by molar-refractivity contribution is 5.28. The van der Waals surface area contributed by atoms with Crippen LogP contribution in [0.5, 0.6) is 0 Å². The van der Waals surface area contributed by atoms with E-state index < -0.39 is 41.0 Å². The maximum Gasteiger partial charge on any atom is 0.197 e. The number of aliphatic hydroxyl groups is 1. The van der Waals surface area contributed by atoms with E-state index in [1.165, 1.54) is 6.92 Å². The van der Waals surface area contributed by atoms with E-state index in [1.54, 1.807) is 0 Å². The summed E-state index contributed by atoms with van der Waals surface area (Å²) in [6.45, 7) is 0.441. The lowest BCUT2D eigenvalue weighted by Gasteiger charge is -2.23. The molecule has 3 N–H and O–H groups in total. The van der Waals surface area contributed by atoms with Crippen LogP contribution < -0.4 is 5.73 Å². The number of halogens is 4. The highest BCUT2D eigenvalue weighted by atomic mass is 19.2. The Kier molecular flexibility index (Phi) is 3.01. The molecule has 1 rings (SSSR count). The molecule has 0 heterocycles. The Balaban J connectivity index is 3.45. The SMILES string of the molecule is CC(N)(CO)c1cc(F)c(F)c(F)c1F. The maximum absolute atomic E-state index is 13.2. The Morgan fingerprint density at radius 3 is 2.20 bits per heavy atom.